The van der Waals surface area contributed by atoms with E-state index < -0.39 is 0 Å². The molecule has 0 aliphatic heterocycles. The number of hydrogen-bond donors (Lipinski definition) is 1. The summed E-state index contributed by atoms with van der Waals surface area (Å²) in [5.74, 6) is 0.641. The molecular formula is C16H18ClN3S. The van der Waals surface area contributed by atoms with Crippen molar-refractivity contribution in [2.75, 3.05) is 13.1 Å². The summed E-state index contributed by atoms with van der Waals surface area (Å²) in [6, 6.07) is 0. The lowest BCUT2D eigenvalue weighted by molar-refractivity contribution is 0.700. The predicted molar refractivity (Wildman–Crippen MR) is 91.2 cm³/mol. The molecule has 0 fully saturated rings. The number of aryl methyl sites for hydroxylation is 2. The molecule has 1 aliphatic carbocycles. The highest BCUT2D eigenvalue weighted by atomic mass is 35.5. The summed E-state index contributed by atoms with van der Waals surface area (Å²) >= 11 is 8.18. The van der Waals surface area contributed by atoms with Crippen LogP contribution in [0.15, 0.2) is 19.2 Å². The van der Waals surface area contributed by atoms with Gasteiger partial charge in [0.15, 0.2) is 5.82 Å². The van der Waals surface area contributed by atoms with Gasteiger partial charge in [-0.3, -0.25) is 0 Å². The summed E-state index contributed by atoms with van der Waals surface area (Å²) in [6.07, 6.45) is 6.55. The Morgan fingerprint density at radius 2 is 2.14 bits per heavy atom. The highest BCUT2D eigenvalue weighted by molar-refractivity contribution is 7.19. The van der Waals surface area contributed by atoms with Crippen LogP contribution < -0.4 is 5.32 Å². The molecule has 5 heteroatoms. The zero-order valence-electron chi connectivity index (χ0n) is 11.9. The molecule has 2 heterocycles. The summed E-state index contributed by atoms with van der Waals surface area (Å²) in [7, 11) is 0. The van der Waals surface area contributed by atoms with E-state index in [1.807, 2.05) is 6.08 Å². The molecule has 1 N–H and O–H groups in total. The van der Waals surface area contributed by atoms with Crippen LogP contribution >= 0.6 is 22.9 Å². The average molecular weight is 320 g/mol. The lowest BCUT2D eigenvalue weighted by Crippen LogP contribution is -2.16. The van der Waals surface area contributed by atoms with Crippen LogP contribution in [0.5, 0.6) is 0 Å². The molecule has 0 unspecified atom stereocenters. The van der Waals surface area contributed by atoms with Crippen molar-refractivity contribution in [3.8, 4) is 0 Å². The lowest BCUT2D eigenvalue weighted by atomic mass is 9.97. The standard InChI is InChI=1S/C16H18ClN3S/c1-3-8-18-9-10(2)15-19-14(17)13-11-6-4-5-7-12(11)21-16(13)20-15/h3,18H,1-2,4-9H2. The zero-order valence-corrected chi connectivity index (χ0v) is 13.5. The van der Waals surface area contributed by atoms with E-state index in [0.29, 0.717) is 17.5 Å². The first-order chi connectivity index (χ1) is 10.2. The number of hydrogen-bond acceptors (Lipinski definition) is 4. The smallest absolute Gasteiger partial charge is 0.159 e. The largest absolute Gasteiger partial charge is 0.309 e. The van der Waals surface area contributed by atoms with Crippen molar-refractivity contribution in [2.24, 2.45) is 0 Å². The number of rotatable bonds is 5. The first-order valence-electron chi connectivity index (χ1n) is 7.18. The fourth-order valence-electron chi connectivity index (χ4n) is 2.68. The van der Waals surface area contributed by atoms with Gasteiger partial charge in [0, 0.05) is 23.5 Å². The summed E-state index contributed by atoms with van der Waals surface area (Å²) in [5.41, 5.74) is 2.22. The Hall–Kier alpha value is -1.23. The molecule has 110 valence electrons. The Kier molecular flexibility index (Phi) is 4.38. The Balaban J connectivity index is 1.95. The van der Waals surface area contributed by atoms with E-state index >= 15 is 0 Å². The van der Waals surface area contributed by atoms with Crippen LogP contribution in [0.1, 0.15) is 29.1 Å². The number of nitrogens with one attached hydrogen (secondary N) is 1. The molecule has 21 heavy (non-hydrogen) atoms. The summed E-state index contributed by atoms with van der Waals surface area (Å²) in [6.45, 7) is 9.11. The maximum Gasteiger partial charge on any atom is 0.159 e. The van der Waals surface area contributed by atoms with Gasteiger partial charge >= 0.3 is 0 Å². The van der Waals surface area contributed by atoms with Crippen molar-refractivity contribution < 1.29 is 0 Å². The molecule has 0 saturated carbocycles. The lowest BCUT2D eigenvalue weighted by Gasteiger charge is -2.10. The molecule has 2 aromatic rings. The van der Waals surface area contributed by atoms with Crippen molar-refractivity contribution in [3.05, 3.63) is 40.7 Å². The van der Waals surface area contributed by atoms with E-state index in [1.165, 1.54) is 23.3 Å². The second-order valence-electron chi connectivity index (χ2n) is 5.25. The van der Waals surface area contributed by atoms with Crippen molar-refractivity contribution in [3.63, 3.8) is 0 Å². The summed E-state index contributed by atoms with van der Waals surface area (Å²) in [5, 5.41) is 4.84. The summed E-state index contributed by atoms with van der Waals surface area (Å²) in [4.78, 5) is 11.6. The number of aromatic nitrogens is 2. The Labute approximate surface area is 133 Å². The molecule has 0 atom stereocenters. The minimum absolute atomic E-state index is 0.569. The van der Waals surface area contributed by atoms with Gasteiger partial charge in [-0.15, -0.1) is 17.9 Å². The Bertz CT molecular complexity index is 705. The molecule has 0 saturated heterocycles. The topological polar surface area (TPSA) is 37.8 Å². The number of thiophene rings is 1. The van der Waals surface area contributed by atoms with E-state index in [0.717, 1.165) is 35.2 Å². The van der Waals surface area contributed by atoms with E-state index in [9.17, 15) is 0 Å². The molecular weight excluding hydrogens is 302 g/mol. The van der Waals surface area contributed by atoms with Crippen LogP contribution in [0, 0.1) is 0 Å². The zero-order chi connectivity index (χ0) is 14.8. The molecule has 0 radical (unpaired) electrons. The second kappa shape index (κ2) is 6.26. The van der Waals surface area contributed by atoms with Crippen molar-refractivity contribution in [2.45, 2.75) is 25.7 Å². The first kappa shape index (κ1) is 14.7. The van der Waals surface area contributed by atoms with E-state index in [2.05, 4.69) is 28.4 Å². The molecule has 2 aromatic heterocycles. The van der Waals surface area contributed by atoms with Crippen molar-refractivity contribution in [1.82, 2.24) is 15.3 Å². The highest BCUT2D eigenvalue weighted by Crippen LogP contribution is 2.38. The second-order valence-corrected chi connectivity index (χ2v) is 6.69. The van der Waals surface area contributed by atoms with Gasteiger partial charge in [0.25, 0.3) is 0 Å². The Morgan fingerprint density at radius 3 is 2.95 bits per heavy atom. The number of nitrogens with zero attached hydrogens (tertiary/aromatic N) is 2. The fourth-order valence-corrected chi connectivity index (χ4v) is 4.28. The Morgan fingerprint density at radius 1 is 1.33 bits per heavy atom. The molecule has 0 amide bonds. The van der Waals surface area contributed by atoms with Crippen LogP contribution in [-0.4, -0.2) is 23.1 Å². The number of fused-ring (bicyclic) bond motifs is 3. The van der Waals surface area contributed by atoms with Crippen LogP contribution in [-0.2, 0) is 12.8 Å². The normalized spacial score (nSPS) is 14.1. The SMILES string of the molecule is C=CCNCC(=C)c1nc(Cl)c2c3c(sc2n1)CCCC3. The molecule has 0 bridgehead atoms. The van der Waals surface area contributed by atoms with Gasteiger partial charge in [-0.25, -0.2) is 9.97 Å². The third-order valence-corrected chi connectivity index (χ3v) is 5.17. The van der Waals surface area contributed by atoms with Gasteiger partial charge in [0.1, 0.15) is 9.98 Å². The van der Waals surface area contributed by atoms with Crippen molar-refractivity contribution >= 4 is 38.7 Å². The van der Waals surface area contributed by atoms with Crippen molar-refractivity contribution in [1.29, 1.82) is 0 Å². The van der Waals surface area contributed by atoms with Crippen LogP contribution in [0.4, 0.5) is 0 Å². The maximum absolute atomic E-state index is 6.42. The van der Waals surface area contributed by atoms with E-state index in [4.69, 9.17) is 11.6 Å². The molecule has 3 rings (SSSR count). The van der Waals surface area contributed by atoms with Gasteiger partial charge in [-0.2, -0.15) is 0 Å². The molecule has 0 aromatic carbocycles. The van der Waals surface area contributed by atoms with E-state index in [1.54, 1.807) is 11.3 Å². The van der Waals surface area contributed by atoms with Gasteiger partial charge < -0.3 is 5.32 Å². The third-order valence-electron chi connectivity index (χ3n) is 3.71. The van der Waals surface area contributed by atoms with E-state index in [-0.39, 0.29) is 0 Å². The minimum Gasteiger partial charge on any atom is -0.309 e. The quantitative estimate of drug-likeness (QED) is 0.514. The molecule has 0 spiro atoms. The fraction of sp³-hybridized carbons (Fsp3) is 0.375. The maximum atomic E-state index is 6.42. The van der Waals surface area contributed by atoms with Gasteiger partial charge in [0.05, 0.1) is 5.39 Å². The molecule has 3 nitrogen and oxygen atoms in total. The average Bonchev–Trinajstić information content (AvgIpc) is 2.86. The third kappa shape index (κ3) is 2.89. The first-order valence-corrected chi connectivity index (χ1v) is 8.37. The minimum atomic E-state index is 0.569. The monoisotopic (exact) mass is 319 g/mol. The van der Waals surface area contributed by atoms with Crippen LogP contribution in [0.3, 0.4) is 0 Å². The summed E-state index contributed by atoms with van der Waals surface area (Å²) < 4.78 is 0. The molecule has 1 aliphatic rings. The predicted octanol–water partition coefficient (Wildman–Crippen LogP) is 4.01. The van der Waals surface area contributed by atoms with Gasteiger partial charge in [0.2, 0.25) is 0 Å². The highest BCUT2D eigenvalue weighted by Gasteiger charge is 2.20. The van der Waals surface area contributed by atoms with Crippen LogP contribution in [0.25, 0.3) is 15.8 Å². The van der Waals surface area contributed by atoms with Gasteiger partial charge in [-0.1, -0.05) is 24.3 Å². The van der Waals surface area contributed by atoms with Gasteiger partial charge in [-0.05, 0) is 31.2 Å². The number of halogens is 1. The van der Waals surface area contributed by atoms with Crippen LogP contribution in [0.2, 0.25) is 5.15 Å².